The van der Waals surface area contributed by atoms with E-state index in [9.17, 15) is 9.59 Å². The SMILES string of the molecule is CN(C(=O)c1cn(C)c2cccc(N)c2c1=O)c1ccccc1. The van der Waals surface area contributed by atoms with Crippen LogP contribution in [0.5, 0.6) is 0 Å². The second-order valence-electron chi connectivity index (χ2n) is 5.42. The zero-order valence-corrected chi connectivity index (χ0v) is 13.0. The summed E-state index contributed by atoms with van der Waals surface area (Å²) >= 11 is 0. The number of rotatable bonds is 2. The van der Waals surface area contributed by atoms with Crippen molar-refractivity contribution in [2.24, 2.45) is 7.05 Å². The highest BCUT2D eigenvalue weighted by Gasteiger charge is 2.20. The van der Waals surface area contributed by atoms with Crippen LogP contribution in [0.25, 0.3) is 10.9 Å². The van der Waals surface area contributed by atoms with E-state index in [-0.39, 0.29) is 16.9 Å². The van der Waals surface area contributed by atoms with E-state index in [2.05, 4.69) is 0 Å². The molecule has 1 heterocycles. The third-order valence-corrected chi connectivity index (χ3v) is 3.93. The molecule has 2 aromatic carbocycles. The molecule has 3 aromatic rings. The predicted molar refractivity (Wildman–Crippen MR) is 92.8 cm³/mol. The molecular weight excluding hydrogens is 290 g/mol. The maximum absolute atomic E-state index is 12.7. The fourth-order valence-corrected chi connectivity index (χ4v) is 2.66. The normalized spacial score (nSPS) is 10.7. The lowest BCUT2D eigenvalue weighted by Gasteiger charge is -2.18. The summed E-state index contributed by atoms with van der Waals surface area (Å²) in [6.07, 6.45) is 1.56. The van der Waals surface area contributed by atoms with E-state index in [1.54, 1.807) is 37.0 Å². The second-order valence-corrected chi connectivity index (χ2v) is 5.42. The number of carbonyl (C=O) groups is 1. The molecule has 2 N–H and O–H groups in total. The van der Waals surface area contributed by atoms with Gasteiger partial charge in [0, 0.05) is 31.7 Å². The van der Waals surface area contributed by atoms with Crippen LogP contribution < -0.4 is 16.1 Å². The minimum atomic E-state index is -0.359. The van der Waals surface area contributed by atoms with Crippen LogP contribution in [-0.4, -0.2) is 17.5 Å². The highest BCUT2D eigenvalue weighted by atomic mass is 16.2. The van der Waals surface area contributed by atoms with Gasteiger partial charge in [0.05, 0.1) is 10.9 Å². The summed E-state index contributed by atoms with van der Waals surface area (Å²) in [5.41, 5.74) is 7.50. The van der Waals surface area contributed by atoms with Crippen LogP contribution in [-0.2, 0) is 7.05 Å². The molecule has 0 aliphatic carbocycles. The van der Waals surface area contributed by atoms with Crippen molar-refractivity contribution in [1.29, 1.82) is 0 Å². The molecule has 0 aliphatic heterocycles. The van der Waals surface area contributed by atoms with E-state index in [4.69, 9.17) is 5.73 Å². The summed E-state index contributed by atoms with van der Waals surface area (Å²) in [6.45, 7) is 0. The summed E-state index contributed by atoms with van der Waals surface area (Å²) < 4.78 is 1.75. The van der Waals surface area contributed by atoms with Crippen molar-refractivity contribution in [3.8, 4) is 0 Å². The molecule has 23 heavy (non-hydrogen) atoms. The van der Waals surface area contributed by atoms with Crippen LogP contribution in [0.1, 0.15) is 10.4 Å². The molecule has 3 rings (SSSR count). The Morgan fingerprint density at radius 1 is 1.09 bits per heavy atom. The van der Waals surface area contributed by atoms with E-state index >= 15 is 0 Å². The van der Waals surface area contributed by atoms with Gasteiger partial charge in [-0.2, -0.15) is 0 Å². The predicted octanol–water partition coefficient (Wildman–Crippen LogP) is 2.40. The van der Waals surface area contributed by atoms with Crippen LogP contribution in [0, 0.1) is 0 Å². The lowest BCUT2D eigenvalue weighted by Crippen LogP contribution is -2.31. The molecular formula is C18H17N3O2. The maximum atomic E-state index is 12.7. The summed E-state index contributed by atoms with van der Waals surface area (Å²) in [7, 11) is 3.44. The molecule has 0 bridgehead atoms. The Labute approximate surface area is 133 Å². The third-order valence-electron chi connectivity index (χ3n) is 3.93. The van der Waals surface area contributed by atoms with Gasteiger partial charge in [0.15, 0.2) is 0 Å². The molecule has 0 fully saturated rings. The number of aryl methyl sites for hydroxylation is 1. The first-order valence-electron chi connectivity index (χ1n) is 7.21. The van der Waals surface area contributed by atoms with Gasteiger partial charge in [0.2, 0.25) is 5.43 Å². The van der Waals surface area contributed by atoms with Crippen molar-refractivity contribution in [3.63, 3.8) is 0 Å². The molecule has 0 saturated carbocycles. The second kappa shape index (κ2) is 5.61. The average molecular weight is 307 g/mol. The average Bonchev–Trinajstić information content (AvgIpc) is 2.57. The maximum Gasteiger partial charge on any atom is 0.263 e. The van der Waals surface area contributed by atoms with Crippen LogP contribution in [0.15, 0.2) is 59.5 Å². The zero-order chi connectivity index (χ0) is 16.6. The number of hydrogen-bond donors (Lipinski definition) is 1. The standard InChI is InChI=1S/C18H17N3O2/c1-20-11-13(17(22)16-14(19)9-6-10-15(16)20)18(23)21(2)12-7-4-3-5-8-12/h3-11H,19H2,1-2H3. The number of pyridine rings is 1. The largest absolute Gasteiger partial charge is 0.398 e. The Morgan fingerprint density at radius 3 is 2.48 bits per heavy atom. The lowest BCUT2D eigenvalue weighted by atomic mass is 10.1. The van der Waals surface area contributed by atoms with Gasteiger partial charge in [-0.05, 0) is 24.3 Å². The summed E-state index contributed by atoms with van der Waals surface area (Å²) in [6, 6.07) is 14.5. The fraction of sp³-hybridized carbons (Fsp3) is 0.111. The summed E-state index contributed by atoms with van der Waals surface area (Å²) in [4.78, 5) is 26.9. The number of benzene rings is 2. The Bertz CT molecular complexity index is 946. The Balaban J connectivity index is 2.17. The molecule has 5 nitrogen and oxygen atoms in total. The van der Waals surface area contributed by atoms with E-state index < -0.39 is 0 Å². The smallest absolute Gasteiger partial charge is 0.263 e. The number of anilines is 2. The molecule has 116 valence electrons. The van der Waals surface area contributed by atoms with Crippen LogP contribution in [0.4, 0.5) is 11.4 Å². The number of fused-ring (bicyclic) bond motifs is 1. The van der Waals surface area contributed by atoms with Gasteiger partial charge >= 0.3 is 0 Å². The number of nitrogens with two attached hydrogens (primary N) is 1. The molecule has 1 amide bonds. The van der Waals surface area contributed by atoms with E-state index in [1.807, 2.05) is 36.4 Å². The van der Waals surface area contributed by atoms with E-state index in [0.29, 0.717) is 16.6 Å². The number of hydrogen-bond acceptors (Lipinski definition) is 3. The molecule has 0 saturated heterocycles. The zero-order valence-electron chi connectivity index (χ0n) is 13.0. The minimum Gasteiger partial charge on any atom is -0.398 e. The molecule has 0 atom stereocenters. The molecule has 0 radical (unpaired) electrons. The van der Waals surface area contributed by atoms with Gasteiger partial charge in [-0.1, -0.05) is 24.3 Å². The molecule has 5 heteroatoms. The molecule has 0 spiro atoms. The van der Waals surface area contributed by atoms with Crippen LogP contribution in [0.2, 0.25) is 0 Å². The Kier molecular flexibility index (Phi) is 3.62. The first-order chi connectivity index (χ1) is 11.0. The number of carbonyl (C=O) groups excluding carboxylic acids is 1. The summed E-state index contributed by atoms with van der Waals surface area (Å²) in [5, 5.41) is 0.377. The first kappa shape index (κ1) is 14.8. The number of nitrogens with zero attached hydrogens (tertiary/aromatic N) is 2. The quantitative estimate of drug-likeness (QED) is 0.739. The minimum absolute atomic E-state index is 0.101. The van der Waals surface area contributed by atoms with Crippen molar-refractivity contribution < 1.29 is 4.79 Å². The topological polar surface area (TPSA) is 68.3 Å². The van der Waals surface area contributed by atoms with E-state index in [0.717, 1.165) is 5.69 Å². The fourth-order valence-electron chi connectivity index (χ4n) is 2.66. The van der Waals surface area contributed by atoms with Crippen molar-refractivity contribution in [3.05, 3.63) is 70.5 Å². The van der Waals surface area contributed by atoms with Crippen molar-refractivity contribution in [2.45, 2.75) is 0 Å². The Hall–Kier alpha value is -3.08. The number of nitrogen functional groups attached to an aromatic ring is 1. The summed E-state index contributed by atoms with van der Waals surface area (Å²) in [5.74, 6) is -0.359. The number of aromatic nitrogens is 1. The van der Waals surface area contributed by atoms with Crippen molar-refractivity contribution >= 4 is 28.2 Å². The van der Waals surface area contributed by atoms with Gasteiger partial charge in [0.25, 0.3) is 5.91 Å². The van der Waals surface area contributed by atoms with Crippen molar-refractivity contribution in [2.75, 3.05) is 17.7 Å². The van der Waals surface area contributed by atoms with Crippen molar-refractivity contribution in [1.82, 2.24) is 4.57 Å². The number of amides is 1. The van der Waals surface area contributed by atoms with E-state index in [1.165, 1.54) is 4.90 Å². The van der Waals surface area contributed by atoms with Crippen LogP contribution >= 0.6 is 0 Å². The highest BCUT2D eigenvalue weighted by molar-refractivity contribution is 6.08. The monoisotopic (exact) mass is 307 g/mol. The van der Waals surface area contributed by atoms with Gasteiger partial charge in [0.1, 0.15) is 5.56 Å². The number of para-hydroxylation sites is 1. The van der Waals surface area contributed by atoms with Gasteiger partial charge in [-0.25, -0.2) is 0 Å². The highest BCUT2D eigenvalue weighted by Crippen LogP contribution is 2.19. The molecule has 0 aliphatic rings. The Morgan fingerprint density at radius 2 is 1.78 bits per heavy atom. The molecule has 1 aromatic heterocycles. The molecule has 0 unspecified atom stereocenters. The van der Waals surface area contributed by atoms with Gasteiger partial charge in [-0.3, -0.25) is 9.59 Å². The third kappa shape index (κ3) is 2.46. The lowest BCUT2D eigenvalue weighted by molar-refractivity contribution is 0.0991. The van der Waals surface area contributed by atoms with Gasteiger partial charge in [-0.15, -0.1) is 0 Å². The van der Waals surface area contributed by atoms with Gasteiger partial charge < -0.3 is 15.2 Å². The van der Waals surface area contributed by atoms with Crippen LogP contribution in [0.3, 0.4) is 0 Å². The first-order valence-corrected chi connectivity index (χ1v) is 7.21.